The molecule has 0 aromatic carbocycles. The summed E-state index contributed by atoms with van der Waals surface area (Å²) in [6.45, 7) is 11.6. The molecular weight excluding hydrogens is 286 g/mol. The van der Waals surface area contributed by atoms with Gasteiger partial charge in [0.2, 0.25) is 10.0 Å². The molecule has 6 heteroatoms. The number of rotatable bonds is 8. The first-order chi connectivity index (χ1) is 9.68. The molecule has 126 valence electrons. The monoisotopic (exact) mass is 319 g/mol. The van der Waals surface area contributed by atoms with Gasteiger partial charge in [0.1, 0.15) is 0 Å². The Morgan fingerprint density at radius 3 is 2.57 bits per heavy atom. The van der Waals surface area contributed by atoms with Crippen LogP contribution in [0.1, 0.15) is 40.0 Å². The van der Waals surface area contributed by atoms with Crippen molar-refractivity contribution in [2.24, 2.45) is 17.1 Å². The van der Waals surface area contributed by atoms with Crippen molar-refractivity contribution in [3.63, 3.8) is 0 Å². The molecule has 1 rings (SSSR count). The molecule has 0 amide bonds. The van der Waals surface area contributed by atoms with Gasteiger partial charge in [-0.3, -0.25) is 0 Å². The lowest BCUT2D eigenvalue weighted by atomic mass is 9.91. The number of hydrogen-bond acceptors (Lipinski definition) is 4. The van der Waals surface area contributed by atoms with E-state index in [9.17, 15) is 8.42 Å². The first kappa shape index (κ1) is 18.9. The van der Waals surface area contributed by atoms with E-state index in [0.717, 1.165) is 38.9 Å². The molecule has 1 aliphatic rings. The molecule has 1 saturated heterocycles. The summed E-state index contributed by atoms with van der Waals surface area (Å²) in [5.41, 5.74) is 5.96. The van der Waals surface area contributed by atoms with Crippen LogP contribution in [0.5, 0.6) is 0 Å². The van der Waals surface area contributed by atoms with Gasteiger partial charge >= 0.3 is 0 Å². The minimum Gasteiger partial charge on any atom is -0.330 e. The molecule has 0 bridgehead atoms. The SMILES string of the molecule is CCCN(CC1CCCN(S(C)(=O)=O)C1)CC(C)(C)CN. The normalized spacial score (nSPS) is 21.9. The van der Waals surface area contributed by atoms with Gasteiger partial charge in [-0.2, -0.15) is 0 Å². The summed E-state index contributed by atoms with van der Waals surface area (Å²) in [6, 6.07) is 0. The van der Waals surface area contributed by atoms with Crippen molar-refractivity contribution in [3.8, 4) is 0 Å². The van der Waals surface area contributed by atoms with Gasteiger partial charge in [-0.05, 0) is 43.7 Å². The highest BCUT2D eigenvalue weighted by Crippen LogP contribution is 2.22. The molecule has 1 atom stereocenters. The Morgan fingerprint density at radius 2 is 2.05 bits per heavy atom. The molecule has 1 aliphatic heterocycles. The van der Waals surface area contributed by atoms with Crippen LogP contribution >= 0.6 is 0 Å². The number of nitrogens with zero attached hydrogens (tertiary/aromatic N) is 2. The lowest BCUT2D eigenvalue weighted by Gasteiger charge is -2.37. The molecule has 0 spiro atoms. The van der Waals surface area contributed by atoms with Crippen LogP contribution in [0, 0.1) is 11.3 Å². The Balaban J connectivity index is 2.62. The maximum absolute atomic E-state index is 11.7. The Hall–Kier alpha value is -0.170. The van der Waals surface area contributed by atoms with Gasteiger partial charge in [0, 0.05) is 26.2 Å². The zero-order valence-corrected chi connectivity index (χ0v) is 15.0. The molecule has 1 fully saturated rings. The fraction of sp³-hybridized carbons (Fsp3) is 1.00. The van der Waals surface area contributed by atoms with Crippen molar-refractivity contribution >= 4 is 10.0 Å². The number of hydrogen-bond donors (Lipinski definition) is 1. The van der Waals surface area contributed by atoms with E-state index in [1.807, 2.05) is 0 Å². The van der Waals surface area contributed by atoms with Crippen LogP contribution in [0.4, 0.5) is 0 Å². The van der Waals surface area contributed by atoms with Crippen LogP contribution in [0.15, 0.2) is 0 Å². The third-order valence-corrected chi connectivity index (χ3v) is 5.48. The quantitative estimate of drug-likeness (QED) is 0.733. The highest BCUT2D eigenvalue weighted by Gasteiger charge is 2.28. The van der Waals surface area contributed by atoms with Crippen LogP contribution in [-0.4, -0.2) is 63.1 Å². The van der Waals surface area contributed by atoms with Gasteiger partial charge in [-0.25, -0.2) is 12.7 Å². The van der Waals surface area contributed by atoms with Crippen molar-refractivity contribution in [1.82, 2.24) is 9.21 Å². The van der Waals surface area contributed by atoms with Gasteiger partial charge in [0.05, 0.1) is 6.26 Å². The lowest BCUT2D eigenvalue weighted by molar-refractivity contribution is 0.135. The zero-order valence-electron chi connectivity index (χ0n) is 14.1. The van der Waals surface area contributed by atoms with E-state index in [1.165, 1.54) is 6.26 Å². The summed E-state index contributed by atoms with van der Waals surface area (Å²) in [5.74, 6) is 0.439. The summed E-state index contributed by atoms with van der Waals surface area (Å²) >= 11 is 0. The summed E-state index contributed by atoms with van der Waals surface area (Å²) in [5, 5.41) is 0. The third-order valence-electron chi connectivity index (χ3n) is 4.21. The van der Waals surface area contributed by atoms with Gasteiger partial charge in [0.25, 0.3) is 0 Å². The highest BCUT2D eigenvalue weighted by atomic mass is 32.2. The highest BCUT2D eigenvalue weighted by molar-refractivity contribution is 7.88. The molecule has 1 unspecified atom stereocenters. The summed E-state index contributed by atoms with van der Waals surface area (Å²) in [4.78, 5) is 2.46. The summed E-state index contributed by atoms with van der Waals surface area (Å²) in [7, 11) is -3.05. The first-order valence-electron chi connectivity index (χ1n) is 8.05. The topological polar surface area (TPSA) is 66.6 Å². The minimum atomic E-state index is -3.05. The molecule has 0 radical (unpaired) electrons. The van der Waals surface area contributed by atoms with E-state index < -0.39 is 10.0 Å². The second-order valence-electron chi connectivity index (χ2n) is 7.23. The Kier molecular flexibility index (Phi) is 7.10. The second-order valence-corrected chi connectivity index (χ2v) is 9.22. The van der Waals surface area contributed by atoms with Crippen LogP contribution in [0.25, 0.3) is 0 Å². The van der Waals surface area contributed by atoms with E-state index in [2.05, 4.69) is 25.7 Å². The van der Waals surface area contributed by atoms with Gasteiger partial charge in [0.15, 0.2) is 0 Å². The second kappa shape index (κ2) is 7.90. The van der Waals surface area contributed by atoms with Crippen LogP contribution in [-0.2, 0) is 10.0 Å². The summed E-state index contributed by atoms with van der Waals surface area (Å²) < 4.78 is 25.1. The molecule has 21 heavy (non-hydrogen) atoms. The van der Waals surface area contributed by atoms with Gasteiger partial charge in [-0.1, -0.05) is 20.8 Å². The van der Waals surface area contributed by atoms with Crippen molar-refractivity contribution in [3.05, 3.63) is 0 Å². The van der Waals surface area contributed by atoms with Gasteiger partial charge in [-0.15, -0.1) is 0 Å². The molecule has 0 saturated carbocycles. The van der Waals surface area contributed by atoms with E-state index in [1.54, 1.807) is 4.31 Å². The average molecular weight is 320 g/mol. The third kappa shape index (κ3) is 6.63. The molecule has 2 N–H and O–H groups in total. The van der Waals surface area contributed by atoms with E-state index in [4.69, 9.17) is 5.73 Å². The van der Waals surface area contributed by atoms with Crippen molar-refractivity contribution in [1.29, 1.82) is 0 Å². The molecule has 0 aliphatic carbocycles. The molecule has 0 aromatic heterocycles. The maximum Gasteiger partial charge on any atom is 0.211 e. The predicted octanol–water partition coefficient (Wildman–Crippen LogP) is 1.35. The smallest absolute Gasteiger partial charge is 0.211 e. The summed E-state index contributed by atoms with van der Waals surface area (Å²) in [6.07, 6.45) is 4.52. The van der Waals surface area contributed by atoms with Crippen molar-refractivity contribution in [2.75, 3.05) is 45.5 Å². The van der Waals surface area contributed by atoms with Crippen LogP contribution in [0.3, 0.4) is 0 Å². The molecular formula is C15H33N3O2S. The Labute approximate surface area is 130 Å². The average Bonchev–Trinajstić information content (AvgIpc) is 2.38. The van der Waals surface area contributed by atoms with Crippen molar-refractivity contribution < 1.29 is 8.42 Å². The largest absolute Gasteiger partial charge is 0.330 e. The van der Waals surface area contributed by atoms with Crippen molar-refractivity contribution in [2.45, 2.75) is 40.0 Å². The Bertz CT molecular complexity index is 409. The van der Waals surface area contributed by atoms with Crippen LogP contribution < -0.4 is 5.73 Å². The number of sulfonamides is 1. The fourth-order valence-electron chi connectivity index (χ4n) is 3.06. The number of piperidine rings is 1. The Morgan fingerprint density at radius 1 is 1.38 bits per heavy atom. The van der Waals surface area contributed by atoms with E-state index in [-0.39, 0.29) is 5.41 Å². The van der Waals surface area contributed by atoms with E-state index >= 15 is 0 Å². The molecule has 5 nitrogen and oxygen atoms in total. The number of nitrogens with two attached hydrogens (primary N) is 1. The minimum absolute atomic E-state index is 0.111. The first-order valence-corrected chi connectivity index (χ1v) is 9.90. The molecule has 1 heterocycles. The maximum atomic E-state index is 11.7. The standard InChI is InChI=1S/C15H33N3O2S/c1-5-8-17(13-15(2,3)12-16)10-14-7-6-9-18(11-14)21(4,19)20/h14H,5-13,16H2,1-4H3. The van der Waals surface area contributed by atoms with Gasteiger partial charge < -0.3 is 10.6 Å². The predicted molar refractivity (Wildman–Crippen MR) is 88.7 cm³/mol. The lowest BCUT2D eigenvalue weighted by Crippen LogP contribution is -2.46. The van der Waals surface area contributed by atoms with Crippen LogP contribution in [0.2, 0.25) is 0 Å². The molecule has 0 aromatic rings. The zero-order chi connectivity index (χ0) is 16.1. The fourth-order valence-corrected chi connectivity index (χ4v) is 4.01. The van der Waals surface area contributed by atoms with E-state index in [0.29, 0.717) is 25.6 Å².